The molecule has 1 aliphatic rings. The first-order chi connectivity index (χ1) is 6.13. The zero-order valence-corrected chi connectivity index (χ0v) is 8.75. The van der Waals surface area contributed by atoms with Gasteiger partial charge in [-0.1, -0.05) is 6.92 Å². The lowest BCUT2D eigenvalue weighted by Gasteiger charge is -2.32. The van der Waals surface area contributed by atoms with Crippen LogP contribution in [0.25, 0.3) is 0 Å². The summed E-state index contributed by atoms with van der Waals surface area (Å²) in [6.07, 6.45) is 0.975. The van der Waals surface area contributed by atoms with Crippen molar-refractivity contribution in [3.8, 4) is 0 Å². The number of hydrogen-bond donors (Lipinski definition) is 0. The molecule has 0 spiro atoms. The third-order valence-electron chi connectivity index (χ3n) is 2.46. The summed E-state index contributed by atoms with van der Waals surface area (Å²) in [5.74, 6) is 0.669. The van der Waals surface area contributed by atoms with Crippen molar-refractivity contribution < 1.29 is 9.53 Å². The van der Waals surface area contributed by atoms with Gasteiger partial charge >= 0.3 is 5.97 Å². The molecule has 1 aliphatic heterocycles. The van der Waals surface area contributed by atoms with Crippen LogP contribution in [0, 0.1) is 11.8 Å². The molecule has 76 valence electrons. The van der Waals surface area contributed by atoms with E-state index in [1.54, 1.807) is 0 Å². The van der Waals surface area contributed by atoms with Crippen molar-refractivity contribution in [2.75, 3.05) is 26.7 Å². The number of carbonyl (C=O) groups excluding carboxylic acids is 1. The number of rotatable bonds is 2. The van der Waals surface area contributed by atoms with Gasteiger partial charge in [-0.3, -0.25) is 4.79 Å². The number of likely N-dealkylation sites (tertiary alicyclic amines) is 1. The number of esters is 1. The Morgan fingerprint density at radius 3 is 2.77 bits per heavy atom. The van der Waals surface area contributed by atoms with Crippen molar-refractivity contribution in [2.45, 2.75) is 20.3 Å². The minimum Gasteiger partial charge on any atom is -0.466 e. The molecule has 1 saturated heterocycles. The second kappa shape index (κ2) is 4.61. The molecule has 0 aliphatic carbocycles. The van der Waals surface area contributed by atoms with Crippen molar-refractivity contribution in [3.05, 3.63) is 0 Å². The van der Waals surface area contributed by atoms with Crippen molar-refractivity contribution in [1.29, 1.82) is 0 Å². The zero-order valence-electron chi connectivity index (χ0n) is 8.75. The van der Waals surface area contributed by atoms with Crippen LogP contribution >= 0.6 is 0 Å². The number of carbonyl (C=O) groups is 1. The zero-order chi connectivity index (χ0) is 9.84. The summed E-state index contributed by atoms with van der Waals surface area (Å²) in [5, 5.41) is 0. The highest BCUT2D eigenvalue weighted by Gasteiger charge is 2.28. The lowest BCUT2D eigenvalue weighted by molar-refractivity contribution is -0.150. The van der Waals surface area contributed by atoms with Crippen LogP contribution in [0.15, 0.2) is 0 Å². The lowest BCUT2D eigenvalue weighted by atomic mass is 9.91. The largest absolute Gasteiger partial charge is 0.466 e. The summed E-state index contributed by atoms with van der Waals surface area (Å²) in [4.78, 5) is 13.6. The molecular formula is C10H19NO2. The number of ether oxygens (including phenoxy) is 1. The number of hydrogen-bond acceptors (Lipinski definition) is 3. The van der Waals surface area contributed by atoms with Gasteiger partial charge in [0.15, 0.2) is 0 Å². The molecule has 1 heterocycles. The van der Waals surface area contributed by atoms with Crippen molar-refractivity contribution in [1.82, 2.24) is 4.90 Å². The second-order valence-corrected chi connectivity index (χ2v) is 4.01. The van der Waals surface area contributed by atoms with Gasteiger partial charge < -0.3 is 9.64 Å². The van der Waals surface area contributed by atoms with Gasteiger partial charge in [-0.15, -0.1) is 0 Å². The van der Waals surface area contributed by atoms with Crippen LogP contribution in [-0.2, 0) is 9.53 Å². The summed E-state index contributed by atoms with van der Waals surface area (Å²) >= 11 is 0. The highest BCUT2D eigenvalue weighted by molar-refractivity contribution is 5.72. The Bertz CT molecular complexity index is 172. The Balaban J connectivity index is 2.45. The Labute approximate surface area is 80.1 Å². The van der Waals surface area contributed by atoms with E-state index in [0.29, 0.717) is 12.5 Å². The molecule has 3 heteroatoms. The molecule has 0 aromatic carbocycles. The minimum absolute atomic E-state index is 0.0269. The van der Waals surface area contributed by atoms with Crippen molar-refractivity contribution in [3.63, 3.8) is 0 Å². The van der Waals surface area contributed by atoms with E-state index in [2.05, 4.69) is 18.9 Å². The van der Waals surface area contributed by atoms with Crippen LogP contribution in [0.2, 0.25) is 0 Å². The molecule has 2 atom stereocenters. The average molecular weight is 185 g/mol. The maximum Gasteiger partial charge on any atom is 0.310 e. The third-order valence-corrected chi connectivity index (χ3v) is 2.46. The molecule has 1 rings (SSSR count). The molecule has 0 aromatic rings. The van der Waals surface area contributed by atoms with Crippen LogP contribution < -0.4 is 0 Å². The monoisotopic (exact) mass is 185 g/mol. The van der Waals surface area contributed by atoms with E-state index in [4.69, 9.17) is 4.74 Å². The molecule has 0 bridgehead atoms. The van der Waals surface area contributed by atoms with Crippen LogP contribution in [-0.4, -0.2) is 37.6 Å². The predicted molar refractivity (Wildman–Crippen MR) is 51.4 cm³/mol. The van der Waals surface area contributed by atoms with E-state index in [1.807, 2.05) is 6.92 Å². The summed E-state index contributed by atoms with van der Waals surface area (Å²) in [6, 6.07) is 0. The molecule has 0 aromatic heterocycles. The van der Waals surface area contributed by atoms with E-state index < -0.39 is 0 Å². The molecule has 1 fully saturated rings. The van der Waals surface area contributed by atoms with Gasteiger partial charge in [-0.25, -0.2) is 0 Å². The van der Waals surface area contributed by atoms with Gasteiger partial charge in [0.25, 0.3) is 0 Å². The Morgan fingerprint density at radius 2 is 2.23 bits per heavy atom. The van der Waals surface area contributed by atoms with E-state index >= 15 is 0 Å². The van der Waals surface area contributed by atoms with Crippen LogP contribution in [0.1, 0.15) is 20.3 Å². The fraction of sp³-hybridized carbons (Fsp3) is 0.900. The summed E-state index contributed by atoms with van der Waals surface area (Å²) < 4.78 is 5.01. The highest BCUT2D eigenvalue weighted by Crippen LogP contribution is 2.21. The molecule has 0 amide bonds. The second-order valence-electron chi connectivity index (χ2n) is 4.01. The highest BCUT2D eigenvalue weighted by atomic mass is 16.5. The van der Waals surface area contributed by atoms with E-state index in [-0.39, 0.29) is 11.9 Å². The normalized spacial score (nSPS) is 30.1. The summed E-state index contributed by atoms with van der Waals surface area (Å²) in [6.45, 7) is 6.47. The first kappa shape index (κ1) is 10.5. The van der Waals surface area contributed by atoms with Gasteiger partial charge in [0, 0.05) is 13.1 Å². The molecular weight excluding hydrogens is 166 g/mol. The van der Waals surface area contributed by atoms with E-state index in [1.165, 1.54) is 0 Å². The van der Waals surface area contributed by atoms with Crippen LogP contribution in [0.4, 0.5) is 0 Å². The summed E-state index contributed by atoms with van der Waals surface area (Å²) in [5.41, 5.74) is 0. The number of nitrogens with zero attached hydrogens (tertiary/aromatic N) is 1. The van der Waals surface area contributed by atoms with Gasteiger partial charge in [0.2, 0.25) is 0 Å². The fourth-order valence-corrected chi connectivity index (χ4v) is 2.05. The Hall–Kier alpha value is -0.570. The van der Waals surface area contributed by atoms with Gasteiger partial charge in [0.1, 0.15) is 0 Å². The van der Waals surface area contributed by atoms with E-state index in [0.717, 1.165) is 19.5 Å². The molecule has 0 N–H and O–H groups in total. The van der Waals surface area contributed by atoms with Crippen LogP contribution in [0.3, 0.4) is 0 Å². The molecule has 2 unspecified atom stereocenters. The van der Waals surface area contributed by atoms with Gasteiger partial charge in [0.05, 0.1) is 12.5 Å². The third kappa shape index (κ3) is 2.99. The van der Waals surface area contributed by atoms with Gasteiger partial charge in [-0.05, 0) is 26.3 Å². The smallest absolute Gasteiger partial charge is 0.310 e. The Kier molecular flexibility index (Phi) is 3.72. The lowest BCUT2D eigenvalue weighted by Crippen LogP contribution is -2.40. The first-order valence-corrected chi connectivity index (χ1v) is 4.98. The molecule has 13 heavy (non-hydrogen) atoms. The standard InChI is InChI=1S/C10H19NO2/c1-4-13-10(12)9-5-8(2)6-11(3)7-9/h8-9H,4-7H2,1-3H3. The van der Waals surface area contributed by atoms with Crippen molar-refractivity contribution in [2.24, 2.45) is 11.8 Å². The maximum absolute atomic E-state index is 11.4. The average Bonchev–Trinajstić information content (AvgIpc) is 2.03. The number of piperidine rings is 1. The van der Waals surface area contributed by atoms with E-state index in [9.17, 15) is 4.79 Å². The first-order valence-electron chi connectivity index (χ1n) is 4.98. The topological polar surface area (TPSA) is 29.5 Å². The van der Waals surface area contributed by atoms with Crippen molar-refractivity contribution >= 4 is 5.97 Å². The van der Waals surface area contributed by atoms with Gasteiger partial charge in [-0.2, -0.15) is 0 Å². The maximum atomic E-state index is 11.4. The minimum atomic E-state index is -0.0269. The quantitative estimate of drug-likeness (QED) is 0.604. The molecule has 0 radical (unpaired) electrons. The van der Waals surface area contributed by atoms with Crippen LogP contribution in [0.5, 0.6) is 0 Å². The molecule has 0 saturated carbocycles. The SMILES string of the molecule is CCOC(=O)C1CC(C)CN(C)C1. The summed E-state index contributed by atoms with van der Waals surface area (Å²) in [7, 11) is 2.06. The Morgan fingerprint density at radius 1 is 1.54 bits per heavy atom. The fourth-order valence-electron chi connectivity index (χ4n) is 2.05. The molecule has 3 nitrogen and oxygen atoms in total. The predicted octanol–water partition coefficient (Wildman–Crippen LogP) is 1.14.